The molecule has 1 fully saturated rings. The standard InChI is InChI=1S/C8H15S/c1-2-4-6-8-9-7-5-3-1/h1H,2-8H2. The minimum atomic E-state index is 1.35. The van der Waals surface area contributed by atoms with Crippen molar-refractivity contribution < 1.29 is 0 Å². The van der Waals surface area contributed by atoms with Crippen LogP contribution in [0.2, 0.25) is 0 Å². The summed E-state index contributed by atoms with van der Waals surface area (Å²) in [6, 6.07) is 0. The number of rotatable bonds is 0. The Bertz CT molecular complexity index is 33.1. The molecular formula is C8H15S. The molecular weight excluding hydrogens is 128 g/mol. The normalized spacial score (nSPS) is 24.0. The fourth-order valence-electron chi connectivity index (χ4n) is 1.07. The molecule has 1 heteroatoms. The third-order valence-corrected chi connectivity index (χ3v) is 2.80. The summed E-state index contributed by atoms with van der Waals surface area (Å²) in [5.74, 6) is 2.78. The van der Waals surface area contributed by atoms with Crippen LogP contribution < -0.4 is 0 Å². The predicted molar refractivity (Wildman–Crippen MR) is 44.7 cm³/mol. The maximum Gasteiger partial charge on any atom is -0.00674 e. The average molecular weight is 143 g/mol. The molecule has 0 aromatic carbocycles. The van der Waals surface area contributed by atoms with Crippen molar-refractivity contribution in [3.05, 3.63) is 6.42 Å². The Morgan fingerprint density at radius 3 is 2.67 bits per heavy atom. The molecule has 0 aromatic rings. The first-order valence-corrected chi connectivity index (χ1v) is 5.05. The Hall–Kier alpha value is 0.350. The van der Waals surface area contributed by atoms with Gasteiger partial charge < -0.3 is 0 Å². The Balaban J connectivity index is 2.02. The fraction of sp³-hybridized carbons (Fsp3) is 0.875. The van der Waals surface area contributed by atoms with Crippen LogP contribution in [-0.4, -0.2) is 11.5 Å². The maximum absolute atomic E-state index is 2.45. The second-order valence-electron chi connectivity index (χ2n) is 2.54. The highest BCUT2D eigenvalue weighted by atomic mass is 32.2. The molecule has 0 atom stereocenters. The van der Waals surface area contributed by atoms with Crippen molar-refractivity contribution in [2.24, 2.45) is 0 Å². The summed E-state index contributed by atoms with van der Waals surface area (Å²) in [7, 11) is 0. The van der Waals surface area contributed by atoms with Gasteiger partial charge in [-0.15, -0.1) is 0 Å². The maximum atomic E-state index is 2.45. The lowest BCUT2D eigenvalue weighted by Crippen LogP contribution is -1.79. The molecule has 0 N–H and O–H groups in total. The smallest absolute Gasteiger partial charge is 0.00674 e. The quantitative estimate of drug-likeness (QED) is 0.502. The van der Waals surface area contributed by atoms with Crippen LogP contribution >= 0.6 is 11.8 Å². The first kappa shape index (κ1) is 7.46. The van der Waals surface area contributed by atoms with Crippen LogP contribution in [0.1, 0.15) is 32.1 Å². The Labute approximate surface area is 62.4 Å². The van der Waals surface area contributed by atoms with Gasteiger partial charge in [0, 0.05) is 0 Å². The van der Waals surface area contributed by atoms with Gasteiger partial charge in [-0.05, 0) is 37.2 Å². The van der Waals surface area contributed by atoms with E-state index in [4.69, 9.17) is 0 Å². The van der Waals surface area contributed by atoms with Crippen molar-refractivity contribution in [3.8, 4) is 0 Å². The van der Waals surface area contributed by atoms with E-state index < -0.39 is 0 Å². The van der Waals surface area contributed by atoms with Gasteiger partial charge in [-0.1, -0.05) is 12.8 Å². The van der Waals surface area contributed by atoms with E-state index in [1.165, 1.54) is 43.6 Å². The zero-order chi connectivity index (χ0) is 6.36. The van der Waals surface area contributed by atoms with E-state index in [1.54, 1.807) is 0 Å². The third-order valence-electron chi connectivity index (χ3n) is 1.64. The van der Waals surface area contributed by atoms with Crippen molar-refractivity contribution in [2.75, 3.05) is 11.5 Å². The molecule has 1 heterocycles. The molecule has 1 saturated heterocycles. The minimum Gasteiger partial charge on any atom is -0.162 e. The predicted octanol–water partition coefficient (Wildman–Crippen LogP) is 2.89. The highest BCUT2D eigenvalue weighted by Gasteiger charge is 1.96. The van der Waals surface area contributed by atoms with Crippen molar-refractivity contribution >= 4 is 11.8 Å². The topological polar surface area (TPSA) is 0 Å². The summed E-state index contributed by atoms with van der Waals surface area (Å²) in [6.07, 6.45) is 9.43. The van der Waals surface area contributed by atoms with Crippen LogP contribution in [0.25, 0.3) is 0 Å². The van der Waals surface area contributed by atoms with Crippen LogP contribution in [0.4, 0.5) is 0 Å². The zero-order valence-corrected chi connectivity index (χ0v) is 6.75. The number of hydrogen-bond acceptors (Lipinski definition) is 1. The van der Waals surface area contributed by atoms with Crippen LogP contribution in [0.5, 0.6) is 0 Å². The van der Waals surface area contributed by atoms with Gasteiger partial charge in [-0.25, -0.2) is 0 Å². The lowest BCUT2D eigenvalue weighted by Gasteiger charge is -1.94. The molecule has 1 aliphatic rings. The SMILES string of the molecule is [CH]1CCCCSCCC1. The van der Waals surface area contributed by atoms with E-state index in [-0.39, 0.29) is 0 Å². The van der Waals surface area contributed by atoms with Gasteiger partial charge in [-0.2, -0.15) is 11.8 Å². The Morgan fingerprint density at radius 2 is 1.67 bits per heavy atom. The largest absolute Gasteiger partial charge is 0.162 e. The van der Waals surface area contributed by atoms with Crippen LogP contribution in [0.3, 0.4) is 0 Å². The molecule has 9 heavy (non-hydrogen) atoms. The van der Waals surface area contributed by atoms with Gasteiger partial charge in [0.2, 0.25) is 0 Å². The molecule has 0 spiro atoms. The van der Waals surface area contributed by atoms with E-state index in [1.807, 2.05) is 0 Å². The summed E-state index contributed by atoms with van der Waals surface area (Å²) in [5, 5.41) is 0. The van der Waals surface area contributed by atoms with E-state index >= 15 is 0 Å². The van der Waals surface area contributed by atoms with Gasteiger partial charge in [0.05, 0.1) is 0 Å². The van der Waals surface area contributed by atoms with E-state index in [9.17, 15) is 0 Å². The van der Waals surface area contributed by atoms with Crippen LogP contribution in [-0.2, 0) is 0 Å². The first-order valence-electron chi connectivity index (χ1n) is 3.89. The van der Waals surface area contributed by atoms with Gasteiger partial charge in [0.1, 0.15) is 0 Å². The number of hydrogen-bond donors (Lipinski definition) is 0. The molecule has 1 rings (SSSR count). The third kappa shape index (κ3) is 3.85. The van der Waals surface area contributed by atoms with Crippen LogP contribution in [0, 0.1) is 6.42 Å². The van der Waals surface area contributed by atoms with Crippen molar-refractivity contribution in [1.29, 1.82) is 0 Å². The van der Waals surface area contributed by atoms with E-state index in [0.717, 1.165) is 0 Å². The molecule has 0 bridgehead atoms. The van der Waals surface area contributed by atoms with Gasteiger partial charge in [-0.3, -0.25) is 0 Å². The fourth-order valence-corrected chi connectivity index (χ4v) is 2.05. The van der Waals surface area contributed by atoms with Crippen molar-refractivity contribution in [1.82, 2.24) is 0 Å². The zero-order valence-electron chi connectivity index (χ0n) is 5.94. The first-order chi connectivity index (χ1) is 4.50. The van der Waals surface area contributed by atoms with Gasteiger partial charge in [0.25, 0.3) is 0 Å². The Morgan fingerprint density at radius 1 is 0.889 bits per heavy atom. The van der Waals surface area contributed by atoms with Gasteiger partial charge in [0.15, 0.2) is 0 Å². The second-order valence-corrected chi connectivity index (χ2v) is 3.76. The number of thioether (sulfide) groups is 1. The lowest BCUT2D eigenvalue weighted by atomic mass is 10.1. The molecule has 53 valence electrons. The van der Waals surface area contributed by atoms with Crippen molar-refractivity contribution in [3.63, 3.8) is 0 Å². The van der Waals surface area contributed by atoms with E-state index in [2.05, 4.69) is 18.2 Å². The molecule has 0 aromatic heterocycles. The average Bonchev–Trinajstić information content (AvgIpc) is 2.00. The molecule has 0 nitrogen and oxygen atoms in total. The van der Waals surface area contributed by atoms with Gasteiger partial charge >= 0.3 is 0 Å². The lowest BCUT2D eigenvalue weighted by molar-refractivity contribution is 0.753. The Kier molecular flexibility index (Phi) is 4.28. The molecule has 0 amide bonds. The van der Waals surface area contributed by atoms with E-state index in [0.29, 0.717) is 0 Å². The molecule has 0 unspecified atom stereocenters. The summed E-state index contributed by atoms with van der Waals surface area (Å²) >= 11 is 2.12. The summed E-state index contributed by atoms with van der Waals surface area (Å²) in [4.78, 5) is 0. The summed E-state index contributed by atoms with van der Waals surface area (Å²) in [6.45, 7) is 0. The van der Waals surface area contributed by atoms with Crippen LogP contribution in [0.15, 0.2) is 0 Å². The minimum absolute atomic E-state index is 1.35. The van der Waals surface area contributed by atoms with Crippen molar-refractivity contribution in [2.45, 2.75) is 32.1 Å². The molecule has 0 saturated carbocycles. The summed E-state index contributed by atoms with van der Waals surface area (Å²) in [5.41, 5.74) is 0. The highest BCUT2D eigenvalue weighted by molar-refractivity contribution is 7.99. The molecule has 1 aliphatic heterocycles. The monoisotopic (exact) mass is 143 g/mol. The highest BCUT2D eigenvalue weighted by Crippen LogP contribution is 2.14. The molecule has 1 radical (unpaired) electrons. The molecule has 0 aliphatic carbocycles. The summed E-state index contributed by atoms with van der Waals surface area (Å²) < 4.78 is 0. The second kappa shape index (κ2) is 5.16.